The maximum absolute atomic E-state index is 5.22. The highest BCUT2D eigenvalue weighted by Gasteiger charge is 2.20. The molecule has 0 aromatic heterocycles. The van der Waals surface area contributed by atoms with Crippen molar-refractivity contribution in [2.24, 2.45) is 0 Å². The minimum absolute atomic E-state index is 0.472. The summed E-state index contributed by atoms with van der Waals surface area (Å²) >= 11 is 4.17. The first-order valence-electron chi connectivity index (χ1n) is 3.73. The lowest BCUT2D eigenvalue weighted by molar-refractivity contribution is 0.109. The van der Waals surface area contributed by atoms with Gasteiger partial charge in [-0.2, -0.15) is 12.6 Å². The first-order valence-corrected chi connectivity index (χ1v) is 4.36. The Kier molecular flexibility index (Phi) is 3.52. The van der Waals surface area contributed by atoms with Crippen molar-refractivity contribution in [3.8, 4) is 0 Å². The van der Waals surface area contributed by atoms with Gasteiger partial charge in [-0.05, 0) is 6.42 Å². The van der Waals surface area contributed by atoms with Crippen molar-refractivity contribution in [3.05, 3.63) is 0 Å². The van der Waals surface area contributed by atoms with Crippen LogP contribution in [0.3, 0.4) is 0 Å². The quantitative estimate of drug-likeness (QED) is 0.610. The monoisotopic (exact) mass is 161 g/mol. The van der Waals surface area contributed by atoms with E-state index in [1.807, 2.05) is 0 Å². The SMILES string of the molecule is COC1CCN(CCS)C1. The van der Waals surface area contributed by atoms with Crippen LogP contribution in [0.4, 0.5) is 0 Å². The summed E-state index contributed by atoms with van der Waals surface area (Å²) in [5.41, 5.74) is 0. The van der Waals surface area contributed by atoms with Crippen molar-refractivity contribution < 1.29 is 4.74 Å². The van der Waals surface area contributed by atoms with Gasteiger partial charge in [0.05, 0.1) is 6.10 Å². The van der Waals surface area contributed by atoms with E-state index in [1.54, 1.807) is 7.11 Å². The zero-order valence-corrected chi connectivity index (χ0v) is 7.31. The third-order valence-corrected chi connectivity index (χ3v) is 2.18. The summed E-state index contributed by atoms with van der Waals surface area (Å²) in [4.78, 5) is 2.39. The van der Waals surface area contributed by atoms with Gasteiger partial charge in [-0.1, -0.05) is 0 Å². The zero-order chi connectivity index (χ0) is 7.40. The van der Waals surface area contributed by atoms with Gasteiger partial charge in [-0.15, -0.1) is 0 Å². The lowest BCUT2D eigenvalue weighted by atomic mass is 10.3. The van der Waals surface area contributed by atoms with Crippen molar-refractivity contribution in [1.82, 2.24) is 4.90 Å². The molecule has 0 aliphatic carbocycles. The van der Waals surface area contributed by atoms with Crippen molar-refractivity contribution in [3.63, 3.8) is 0 Å². The second kappa shape index (κ2) is 4.21. The van der Waals surface area contributed by atoms with Crippen molar-refractivity contribution >= 4 is 12.6 Å². The second-order valence-corrected chi connectivity index (χ2v) is 3.12. The van der Waals surface area contributed by atoms with Crippen LogP contribution in [0.1, 0.15) is 6.42 Å². The predicted octanol–water partition coefficient (Wildman–Crippen LogP) is 0.637. The average Bonchev–Trinajstić information content (AvgIpc) is 2.37. The van der Waals surface area contributed by atoms with E-state index < -0.39 is 0 Å². The molecule has 0 radical (unpaired) electrons. The summed E-state index contributed by atoms with van der Waals surface area (Å²) in [5.74, 6) is 0.955. The summed E-state index contributed by atoms with van der Waals surface area (Å²) < 4.78 is 5.22. The van der Waals surface area contributed by atoms with Gasteiger partial charge >= 0.3 is 0 Å². The summed E-state index contributed by atoms with van der Waals surface area (Å²) in [6, 6.07) is 0. The summed E-state index contributed by atoms with van der Waals surface area (Å²) in [7, 11) is 1.79. The van der Waals surface area contributed by atoms with E-state index in [0.29, 0.717) is 6.10 Å². The minimum Gasteiger partial charge on any atom is -0.380 e. The van der Waals surface area contributed by atoms with E-state index in [0.717, 1.165) is 18.8 Å². The highest BCUT2D eigenvalue weighted by atomic mass is 32.1. The van der Waals surface area contributed by atoms with Gasteiger partial charge in [0.2, 0.25) is 0 Å². The molecule has 0 spiro atoms. The Bertz CT molecular complexity index is 99.6. The molecule has 1 fully saturated rings. The molecule has 0 saturated carbocycles. The molecule has 10 heavy (non-hydrogen) atoms. The van der Waals surface area contributed by atoms with E-state index in [2.05, 4.69) is 17.5 Å². The first kappa shape index (κ1) is 8.37. The fourth-order valence-electron chi connectivity index (χ4n) is 1.33. The molecule has 1 atom stereocenters. The first-order chi connectivity index (χ1) is 4.86. The van der Waals surface area contributed by atoms with Crippen LogP contribution in [0.25, 0.3) is 0 Å². The van der Waals surface area contributed by atoms with Crippen LogP contribution >= 0.6 is 12.6 Å². The van der Waals surface area contributed by atoms with E-state index >= 15 is 0 Å². The molecule has 3 heteroatoms. The van der Waals surface area contributed by atoms with Gasteiger partial charge in [-0.3, -0.25) is 4.90 Å². The number of methoxy groups -OCH3 is 1. The summed E-state index contributed by atoms with van der Waals surface area (Å²) in [5, 5.41) is 0. The van der Waals surface area contributed by atoms with Crippen LogP contribution in [0, 0.1) is 0 Å². The van der Waals surface area contributed by atoms with Crippen LogP contribution in [-0.2, 0) is 4.74 Å². The largest absolute Gasteiger partial charge is 0.380 e. The maximum atomic E-state index is 5.22. The second-order valence-electron chi connectivity index (χ2n) is 2.67. The molecule has 1 aliphatic rings. The highest BCUT2D eigenvalue weighted by molar-refractivity contribution is 7.80. The van der Waals surface area contributed by atoms with Crippen molar-refractivity contribution in [2.45, 2.75) is 12.5 Å². The number of likely N-dealkylation sites (tertiary alicyclic amines) is 1. The minimum atomic E-state index is 0.472. The average molecular weight is 161 g/mol. The number of nitrogens with zero attached hydrogens (tertiary/aromatic N) is 1. The normalized spacial score (nSPS) is 27.6. The predicted molar refractivity (Wildman–Crippen MR) is 45.7 cm³/mol. The number of rotatable bonds is 3. The molecule has 1 heterocycles. The molecule has 0 amide bonds. The molecular weight excluding hydrogens is 146 g/mol. The molecule has 1 aliphatic heterocycles. The lowest BCUT2D eigenvalue weighted by Crippen LogP contribution is -2.24. The molecule has 1 rings (SSSR count). The van der Waals surface area contributed by atoms with E-state index in [1.165, 1.54) is 13.0 Å². The number of hydrogen-bond donors (Lipinski definition) is 1. The van der Waals surface area contributed by atoms with E-state index in [-0.39, 0.29) is 0 Å². The van der Waals surface area contributed by atoms with Gasteiger partial charge in [0.25, 0.3) is 0 Å². The molecule has 1 saturated heterocycles. The van der Waals surface area contributed by atoms with E-state index in [4.69, 9.17) is 4.74 Å². The highest BCUT2D eigenvalue weighted by Crippen LogP contribution is 2.10. The van der Waals surface area contributed by atoms with Crippen LogP contribution in [0.2, 0.25) is 0 Å². The van der Waals surface area contributed by atoms with Crippen molar-refractivity contribution in [2.75, 3.05) is 32.5 Å². The van der Waals surface area contributed by atoms with Crippen LogP contribution in [-0.4, -0.2) is 43.5 Å². The molecule has 0 aromatic carbocycles. The van der Waals surface area contributed by atoms with Crippen molar-refractivity contribution in [1.29, 1.82) is 0 Å². The Balaban J connectivity index is 2.15. The smallest absolute Gasteiger partial charge is 0.0710 e. The third-order valence-electron chi connectivity index (χ3n) is 1.98. The molecule has 0 N–H and O–H groups in total. The van der Waals surface area contributed by atoms with Crippen LogP contribution < -0.4 is 0 Å². The standard InChI is InChI=1S/C7H15NOS/c1-9-7-2-3-8(6-7)4-5-10/h7,10H,2-6H2,1H3. The Morgan fingerprint density at radius 1 is 1.70 bits per heavy atom. The van der Waals surface area contributed by atoms with Crippen LogP contribution in [0.15, 0.2) is 0 Å². The van der Waals surface area contributed by atoms with Crippen LogP contribution in [0.5, 0.6) is 0 Å². The molecule has 1 unspecified atom stereocenters. The molecule has 0 bridgehead atoms. The maximum Gasteiger partial charge on any atom is 0.0710 e. The topological polar surface area (TPSA) is 12.5 Å². The van der Waals surface area contributed by atoms with Gasteiger partial charge in [0.1, 0.15) is 0 Å². The Labute approximate surface area is 68.0 Å². The Hall–Kier alpha value is 0.270. The summed E-state index contributed by atoms with van der Waals surface area (Å²) in [6.07, 6.45) is 1.66. The fraction of sp³-hybridized carbons (Fsp3) is 1.00. The van der Waals surface area contributed by atoms with Gasteiger partial charge < -0.3 is 4.74 Å². The number of hydrogen-bond acceptors (Lipinski definition) is 3. The number of ether oxygens (including phenoxy) is 1. The summed E-state index contributed by atoms with van der Waals surface area (Å²) in [6.45, 7) is 3.37. The third kappa shape index (κ3) is 2.15. The van der Waals surface area contributed by atoms with Gasteiger partial charge in [-0.25, -0.2) is 0 Å². The Morgan fingerprint density at radius 3 is 3.00 bits per heavy atom. The zero-order valence-electron chi connectivity index (χ0n) is 6.42. The fourth-order valence-corrected chi connectivity index (χ4v) is 1.62. The molecular formula is C7H15NOS. The molecule has 0 aromatic rings. The Morgan fingerprint density at radius 2 is 2.50 bits per heavy atom. The van der Waals surface area contributed by atoms with E-state index in [9.17, 15) is 0 Å². The molecule has 60 valence electrons. The van der Waals surface area contributed by atoms with Gasteiger partial charge in [0.15, 0.2) is 0 Å². The lowest BCUT2D eigenvalue weighted by Gasteiger charge is -2.12. The van der Waals surface area contributed by atoms with Gasteiger partial charge in [0, 0.05) is 32.5 Å². The molecule has 2 nitrogen and oxygen atoms in total. The number of thiol groups is 1.